The van der Waals surface area contributed by atoms with Crippen LogP contribution in [0.25, 0.3) is 10.2 Å². The van der Waals surface area contributed by atoms with Crippen molar-refractivity contribution < 1.29 is 35.9 Å². The summed E-state index contributed by atoms with van der Waals surface area (Å²) in [5, 5.41) is 3.87. The van der Waals surface area contributed by atoms with Gasteiger partial charge in [0.25, 0.3) is 0 Å². The van der Waals surface area contributed by atoms with E-state index in [-0.39, 0.29) is 32.1 Å². The lowest BCUT2D eigenvalue weighted by atomic mass is 10.3. The predicted molar refractivity (Wildman–Crippen MR) is 106 cm³/mol. The Morgan fingerprint density at radius 1 is 1.16 bits per heavy atom. The molecule has 31 heavy (non-hydrogen) atoms. The minimum absolute atomic E-state index is 0.0153. The Morgan fingerprint density at radius 3 is 2.55 bits per heavy atom. The van der Waals surface area contributed by atoms with Gasteiger partial charge in [-0.25, -0.2) is 18.2 Å². The number of thiazole rings is 1. The van der Waals surface area contributed by atoms with Gasteiger partial charge in [-0.3, -0.25) is 10.6 Å². The molecule has 0 unspecified atom stereocenters. The number of urea groups is 1. The number of hydrogen-bond acceptors (Lipinski definition) is 7. The number of carbonyl (C=O) groups is 1. The van der Waals surface area contributed by atoms with Crippen molar-refractivity contribution >= 4 is 54.2 Å². The van der Waals surface area contributed by atoms with Crippen LogP contribution in [0.3, 0.4) is 0 Å². The van der Waals surface area contributed by atoms with Crippen molar-refractivity contribution in [3.63, 3.8) is 0 Å². The Labute approximate surface area is 181 Å². The lowest BCUT2D eigenvalue weighted by molar-refractivity contribution is -0.317. The van der Waals surface area contributed by atoms with Crippen LogP contribution in [0, 0.1) is 0 Å². The van der Waals surface area contributed by atoms with Crippen molar-refractivity contribution in [3.8, 4) is 11.5 Å². The van der Waals surface area contributed by atoms with Gasteiger partial charge in [-0.05, 0) is 30.3 Å². The summed E-state index contributed by atoms with van der Waals surface area (Å²) in [7, 11) is -3.48. The standard InChI is InChI=1S/C17H11ClF3N3O5S2/c1-31(26,27)9-3-5-13-10(7-9)22-15(30-13)23-14(25)24-17(16(19,20)21)28-11-4-2-8(18)6-12(11)29-17/h2-7H,1H3,(H2,22,23,24,25)/t17-/m0/s1. The summed E-state index contributed by atoms with van der Waals surface area (Å²) >= 11 is 6.70. The van der Waals surface area contributed by atoms with Gasteiger partial charge in [0.1, 0.15) is 0 Å². The normalized spacial score (nSPS) is 18.2. The minimum atomic E-state index is -5.15. The summed E-state index contributed by atoms with van der Waals surface area (Å²) in [5.74, 6) is -4.02. The van der Waals surface area contributed by atoms with Gasteiger partial charge in [-0.15, -0.1) is 0 Å². The molecule has 14 heteroatoms. The van der Waals surface area contributed by atoms with Gasteiger partial charge < -0.3 is 9.47 Å². The molecule has 0 spiro atoms. The van der Waals surface area contributed by atoms with Crippen LogP contribution in [0.5, 0.6) is 11.5 Å². The monoisotopic (exact) mass is 493 g/mol. The highest BCUT2D eigenvalue weighted by molar-refractivity contribution is 7.90. The van der Waals surface area contributed by atoms with Crippen molar-refractivity contribution in [1.82, 2.24) is 10.3 Å². The summed E-state index contributed by atoms with van der Waals surface area (Å²) in [6, 6.07) is 6.44. The smallest absolute Gasteiger partial charge is 0.424 e. The highest BCUT2D eigenvalue weighted by Crippen LogP contribution is 2.46. The molecule has 2 N–H and O–H groups in total. The molecular formula is C17H11ClF3N3O5S2. The summed E-state index contributed by atoms with van der Waals surface area (Å²) in [4.78, 5) is 16.4. The van der Waals surface area contributed by atoms with Crippen LogP contribution < -0.4 is 20.1 Å². The van der Waals surface area contributed by atoms with Gasteiger partial charge in [0.05, 0.1) is 15.1 Å². The van der Waals surface area contributed by atoms with Gasteiger partial charge >= 0.3 is 18.1 Å². The maximum absolute atomic E-state index is 13.7. The third-order valence-corrected chi connectivity index (χ3v) is 6.37. The Kier molecular flexibility index (Phi) is 4.94. The SMILES string of the molecule is CS(=O)(=O)c1ccc2sc(NC(=O)N[C@@]3(C(F)(F)F)Oc4ccc(Cl)cc4O3)nc2c1. The van der Waals surface area contributed by atoms with Crippen molar-refractivity contribution in [3.05, 3.63) is 41.4 Å². The molecule has 2 amide bonds. The van der Waals surface area contributed by atoms with Crippen molar-refractivity contribution in [1.29, 1.82) is 0 Å². The van der Waals surface area contributed by atoms with E-state index in [1.807, 2.05) is 0 Å². The molecule has 0 radical (unpaired) electrons. The van der Waals surface area contributed by atoms with Crippen LogP contribution in [-0.4, -0.2) is 37.8 Å². The van der Waals surface area contributed by atoms with Gasteiger partial charge in [-0.2, -0.15) is 13.2 Å². The van der Waals surface area contributed by atoms with Crippen molar-refractivity contribution in [2.75, 3.05) is 11.6 Å². The van der Waals surface area contributed by atoms with E-state index in [0.29, 0.717) is 4.70 Å². The molecule has 1 atom stereocenters. The molecule has 8 nitrogen and oxygen atoms in total. The van der Waals surface area contributed by atoms with Gasteiger partial charge in [-0.1, -0.05) is 22.9 Å². The molecule has 0 fully saturated rings. The molecular weight excluding hydrogens is 483 g/mol. The molecule has 3 aromatic rings. The maximum atomic E-state index is 13.7. The molecule has 0 saturated heterocycles. The number of aromatic nitrogens is 1. The van der Waals surface area contributed by atoms with Crippen LogP contribution in [0.2, 0.25) is 5.02 Å². The number of fused-ring (bicyclic) bond motifs is 2. The van der Waals surface area contributed by atoms with E-state index in [2.05, 4.69) is 10.3 Å². The Hall–Kier alpha value is -2.77. The number of hydrogen-bond donors (Lipinski definition) is 2. The summed E-state index contributed by atoms with van der Waals surface area (Å²) < 4.78 is 74.7. The largest absolute Gasteiger partial charge is 0.492 e. The van der Waals surface area contributed by atoms with Crippen LogP contribution in [0.15, 0.2) is 41.3 Å². The Bertz CT molecular complexity index is 1310. The van der Waals surface area contributed by atoms with Crippen LogP contribution in [0.1, 0.15) is 0 Å². The highest BCUT2D eigenvalue weighted by Gasteiger charge is 2.65. The first-order chi connectivity index (χ1) is 14.4. The fourth-order valence-corrected chi connectivity index (χ4v) is 4.33. The fraction of sp³-hybridized carbons (Fsp3) is 0.176. The summed E-state index contributed by atoms with van der Waals surface area (Å²) in [6.07, 6.45) is -4.12. The molecule has 1 aromatic heterocycles. The number of rotatable bonds is 3. The maximum Gasteiger partial charge on any atom is 0.492 e. The molecule has 0 bridgehead atoms. The van der Waals surface area contributed by atoms with E-state index in [4.69, 9.17) is 21.1 Å². The first-order valence-electron chi connectivity index (χ1n) is 8.30. The van der Waals surface area contributed by atoms with Crippen molar-refractivity contribution in [2.45, 2.75) is 17.0 Å². The van der Waals surface area contributed by atoms with Crippen LogP contribution in [-0.2, 0) is 9.84 Å². The fourth-order valence-electron chi connectivity index (χ4n) is 2.68. The van der Waals surface area contributed by atoms with E-state index in [1.54, 1.807) is 5.32 Å². The minimum Gasteiger partial charge on any atom is -0.424 e. The number of benzene rings is 2. The average Bonchev–Trinajstić information content (AvgIpc) is 3.19. The lowest BCUT2D eigenvalue weighted by Gasteiger charge is -2.29. The molecule has 1 aliphatic heterocycles. The Morgan fingerprint density at radius 2 is 1.87 bits per heavy atom. The second kappa shape index (κ2) is 7.14. The van der Waals surface area contributed by atoms with Crippen LogP contribution >= 0.6 is 22.9 Å². The second-order valence-corrected chi connectivity index (χ2v) is 9.89. The van der Waals surface area contributed by atoms with E-state index in [0.717, 1.165) is 23.7 Å². The summed E-state index contributed by atoms with van der Waals surface area (Å²) in [5.41, 5.74) is 0.254. The predicted octanol–water partition coefficient (Wildman–Crippen LogP) is 4.16. The lowest BCUT2D eigenvalue weighted by Crippen LogP contribution is -2.65. The second-order valence-electron chi connectivity index (χ2n) is 6.41. The number of carbonyl (C=O) groups excluding carboxylic acids is 1. The molecule has 164 valence electrons. The number of halogens is 4. The highest BCUT2D eigenvalue weighted by atomic mass is 35.5. The molecule has 0 saturated carbocycles. The number of ether oxygens (including phenoxy) is 2. The quantitative estimate of drug-likeness (QED) is 0.567. The molecule has 4 rings (SSSR count). The topological polar surface area (TPSA) is 107 Å². The van der Waals surface area contributed by atoms with E-state index >= 15 is 0 Å². The molecule has 1 aliphatic rings. The van der Waals surface area contributed by atoms with E-state index in [1.165, 1.54) is 30.3 Å². The third kappa shape index (κ3) is 4.07. The Balaban J connectivity index is 1.57. The number of amides is 2. The van der Waals surface area contributed by atoms with Gasteiger partial charge in [0, 0.05) is 17.3 Å². The van der Waals surface area contributed by atoms with E-state index < -0.39 is 28.0 Å². The molecule has 2 aromatic carbocycles. The number of alkyl halides is 3. The average molecular weight is 494 g/mol. The zero-order valence-electron chi connectivity index (χ0n) is 15.3. The van der Waals surface area contributed by atoms with Crippen LogP contribution in [0.4, 0.5) is 23.1 Å². The van der Waals surface area contributed by atoms with Crippen molar-refractivity contribution in [2.24, 2.45) is 0 Å². The molecule has 0 aliphatic carbocycles. The zero-order chi connectivity index (χ0) is 22.6. The number of sulfone groups is 1. The third-order valence-electron chi connectivity index (χ3n) is 4.07. The zero-order valence-corrected chi connectivity index (χ0v) is 17.7. The van der Waals surface area contributed by atoms with Gasteiger partial charge in [0.15, 0.2) is 26.5 Å². The number of anilines is 1. The number of nitrogens with zero attached hydrogens (tertiary/aromatic N) is 1. The summed E-state index contributed by atoms with van der Waals surface area (Å²) in [6.45, 7) is 0. The first kappa shape index (κ1) is 21.5. The number of nitrogens with one attached hydrogen (secondary N) is 2. The van der Waals surface area contributed by atoms with E-state index in [9.17, 15) is 26.4 Å². The first-order valence-corrected chi connectivity index (χ1v) is 11.4. The van der Waals surface area contributed by atoms with Gasteiger partial charge in [0.2, 0.25) is 0 Å². The molecule has 2 heterocycles.